The molecule has 0 fully saturated rings. The number of para-hydroxylation sites is 1. The molecule has 1 amide bonds. The summed E-state index contributed by atoms with van der Waals surface area (Å²) in [5, 5.41) is 12.3. The van der Waals surface area contributed by atoms with Gasteiger partial charge in [-0.3, -0.25) is 9.48 Å². The summed E-state index contributed by atoms with van der Waals surface area (Å²) in [5.74, 6) is 1.25. The third-order valence-electron chi connectivity index (χ3n) is 5.56. The Morgan fingerprint density at radius 2 is 1.68 bits per heavy atom. The summed E-state index contributed by atoms with van der Waals surface area (Å²) >= 11 is 12.6. The predicted molar refractivity (Wildman–Crippen MR) is 132 cm³/mol. The van der Waals surface area contributed by atoms with Crippen molar-refractivity contribution in [3.05, 3.63) is 91.9 Å². The van der Waals surface area contributed by atoms with Crippen LogP contribution >= 0.6 is 23.2 Å². The minimum Gasteiger partial charge on any atom is -0.488 e. The molecule has 0 bridgehead atoms. The van der Waals surface area contributed by atoms with Gasteiger partial charge in [-0.2, -0.15) is 5.10 Å². The molecular formula is C25H24Cl2N4O3. The Morgan fingerprint density at radius 3 is 2.35 bits per heavy atom. The molecule has 1 N–H and O–H groups in total. The van der Waals surface area contributed by atoms with Crippen molar-refractivity contribution in [1.29, 1.82) is 0 Å². The summed E-state index contributed by atoms with van der Waals surface area (Å²) in [6.07, 6.45) is 0. The van der Waals surface area contributed by atoms with Crippen molar-refractivity contribution in [1.82, 2.24) is 14.9 Å². The fourth-order valence-corrected chi connectivity index (χ4v) is 4.17. The van der Waals surface area contributed by atoms with Crippen LogP contribution in [-0.4, -0.2) is 20.8 Å². The van der Waals surface area contributed by atoms with E-state index in [0.717, 1.165) is 28.1 Å². The summed E-state index contributed by atoms with van der Waals surface area (Å²) < 4.78 is 13.0. The van der Waals surface area contributed by atoms with Crippen LogP contribution in [0.15, 0.2) is 47.0 Å². The van der Waals surface area contributed by atoms with Gasteiger partial charge in [0.25, 0.3) is 5.91 Å². The van der Waals surface area contributed by atoms with Crippen molar-refractivity contribution in [3.63, 3.8) is 0 Å². The van der Waals surface area contributed by atoms with E-state index >= 15 is 0 Å². The van der Waals surface area contributed by atoms with E-state index in [1.165, 1.54) is 0 Å². The second-order valence-electron chi connectivity index (χ2n) is 8.06. The molecule has 34 heavy (non-hydrogen) atoms. The number of amides is 1. The number of ether oxygens (including phenoxy) is 1. The highest BCUT2D eigenvalue weighted by Crippen LogP contribution is 2.27. The van der Waals surface area contributed by atoms with Crippen LogP contribution in [0.1, 0.15) is 44.2 Å². The zero-order valence-corrected chi connectivity index (χ0v) is 20.8. The maximum Gasteiger partial charge on any atom is 0.279 e. The SMILES string of the molecule is Cc1cccc(C)c1OCc1c(C(=O)Nc2cc(C)n(Cc3c(Cl)cccc3Cl)n2)noc1C. The van der Waals surface area contributed by atoms with Crippen LogP contribution in [0, 0.1) is 27.7 Å². The van der Waals surface area contributed by atoms with Crippen molar-refractivity contribution < 1.29 is 14.1 Å². The normalized spacial score (nSPS) is 11.0. The largest absolute Gasteiger partial charge is 0.488 e. The van der Waals surface area contributed by atoms with Gasteiger partial charge >= 0.3 is 0 Å². The van der Waals surface area contributed by atoms with E-state index in [4.69, 9.17) is 32.5 Å². The first-order valence-corrected chi connectivity index (χ1v) is 11.4. The van der Waals surface area contributed by atoms with Crippen LogP contribution in [0.25, 0.3) is 0 Å². The Kier molecular flexibility index (Phi) is 6.95. The smallest absolute Gasteiger partial charge is 0.279 e. The Labute approximate surface area is 207 Å². The zero-order chi connectivity index (χ0) is 24.4. The van der Waals surface area contributed by atoms with E-state index in [1.54, 1.807) is 35.9 Å². The first-order chi connectivity index (χ1) is 16.2. The minimum absolute atomic E-state index is 0.155. The summed E-state index contributed by atoms with van der Waals surface area (Å²) in [6, 6.07) is 13.0. The van der Waals surface area contributed by atoms with Gasteiger partial charge in [0.2, 0.25) is 0 Å². The number of nitrogens with one attached hydrogen (secondary N) is 1. The molecule has 0 saturated carbocycles. The highest BCUT2D eigenvalue weighted by molar-refractivity contribution is 6.36. The molecule has 0 aliphatic carbocycles. The van der Waals surface area contributed by atoms with Gasteiger partial charge in [0, 0.05) is 27.4 Å². The molecule has 0 unspecified atom stereocenters. The van der Waals surface area contributed by atoms with E-state index in [1.807, 2.05) is 39.0 Å². The third-order valence-corrected chi connectivity index (χ3v) is 6.27. The summed E-state index contributed by atoms with van der Waals surface area (Å²) in [4.78, 5) is 13.0. The Balaban J connectivity index is 1.50. The number of hydrogen-bond donors (Lipinski definition) is 1. The molecule has 2 heterocycles. The number of benzene rings is 2. The summed E-state index contributed by atoms with van der Waals surface area (Å²) in [7, 11) is 0. The van der Waals surface area contributed by atoms with Gasteiger partial charge in [-0.25, -0.2) is 0 Å². The zero-order valence-electron chi connectivity index (χ0n) is 19.3. The Hall–Kier alpha value is -3.29. The van der Waals surface area contributed by atoms with E-state index in [0.29, 0.717) is 33.7 Å². The van der Waals surface area contributed by atoms with E-state index in [-0.39, 0.29) is 12.3 Å². The second kappa shape index (κ2) is 9.91. The minimum atomic E-state index is -0.433. The van der Waals surface area contributed by atoms with Gasteiger partial charge in [-0.05, 0) is 51.0 Å². The summed E-state index contributed by atoms with van der Waals surface area (Å²) in [5.41, 5.74) is 4.36. The first kappa shape index (κ1) is 23.9. The molecule has 2 aromatic heterocycles. The number of carbonyl (C=O) groups excluding carboxylic acids is 1. The summed E-state index contributed by atoms with van der Waals surface area (Å²) in [6.45, 7) is 8.12. The van der Waals surface area contributed by atoms with Crippen molar-refractivity contribution >= 4 is 34.9 Å². The molecule has 4 rings (SSSR count). The number of hydrogen-bond acceptors (Lipinski definition) is 5. The number of halogens is 2. The predicted octanol–water partition coefficient (Wildman–Crippen LogP) is 6.29. The lowest BCUT2D eigenvalue weighted by Gasteiger charge is -2.12. The monoisotopic (exact) mass is 498 g/mol. The van der Waals surface area contributed by atoms with Gasteiger partial charge < -0.3 is 14.6 Å². The first-order valence-electron chi connectivity index (χ1n) is 10.7. The average molecular weight is 499 g/mol. The highest BCUT2D eigenvalue weighted by atomic mass is 35.5. The van der Waals surface area contributed by atoms with Crippen LogP contribution in [0.5, 0.6) is 5.75 Å². The van der Waals surface area contributed by atoms with Gasteiger partial charge in [-0.1, -0.05) is 52.6 Å². The molecule has 4 aromatic rings. The second-order valence-corrected chi connectivity index (χ2v) is 8.87. The van der Waals surface area contributed by atoms with E-state index < -0.39 is 5.91 Å². The molecule has 7 nitrogen and oxygen atoms in total. The number of rotatable bonds is 7. The lowest BCUT2D eigenvalue weighted by Crippen LogP contribution is -2.16. The van der Waals surface area contributed by atoms with Crippen molar-refractivity contribution in [2.45, 2.75) is 40.8 Å². The van der Waals surface area contributed by atoms with Gasteiger partial charge in [-0.15, -0.1) is 0 Å². The molecule has 176 valence electrons. The standard InChI is InChI=1S/C25H24Cl2N4O3/c1-14-7-5-8-15(2)24(14)33-13-19-17(4)34-30-23(19)25(32)28-22-11-16(3)31(29-22)12-18-20(26)9-6-10-21(18)27/h5-11H,12-13H2,1-4H3,(H,28,29,32). The average Bonchev–Trinajstić information content (AvgIpc) is 3.32. The lowest BCUT2D eigenvalue weighted by molar-refractivity contribution is 0.101. The molecular weight excluding hydrogens is 475 g/mol. The maximum atomic E-state index is 13.0. The molecule has 0 aliphatic rings. The molecule has 0 spiro atoms. The van der Waals surface area contributed by atoms with Gasteiger partial charge in [0.1, 0.15) is 18.1 Å². The number of aryl methyl sites for hydroxylation is 4. The number of aromatic nitrogens is 3. The van der Waals surface area contributed by atoms with Crippen LogP contribution in [0.4, 0.5) is 5.82 Å². The van der Waals surface area contributed by atoms with E-state index in [2.05, 4.69) is 15.6 Å². The molecule has 0 aliphatic heterocycles. The fourth-order valence-electron chi connectivity index (χ4n) is 3.65. The number of anilines is 1. The molecule has 9 heteroatoms. The fraction of sp³-hybridized carbons (Fsp3) is 0.240. The number of nitrogens with zero attached hydrogens (tertiary/aromatic N) is 3. The quantitative estimate of drug-likeness (QED) is 0.323. The maximum absolute atomic E-state index is 13.0. The molecule has 0 saturated heterocycles. The van der Waals surface area contributed by atoms with Crippen LogP contribution in [0.3, 0.4) is 0 Å². The van der Waals surface area contributed by atoms with Crippen molar-refractivity contribution in [3.8, 4) is 5.75 Å². The van der Waals surface area contributed by atoms with Gasteiger partial charge in [0.05, 0.1) is 12.1 Å². The molecule has 0 radical (unpaired) electrons. The highest BCUT2D eigenvalue weighted by Gasteiger charge is 2.22. The number of carbonyl (C=O) groups is 1. The van der Waals surface area contributed by atoms with Crippen molar-refractivity contribution in [2.24, 2.45) is 0 Å². The third kappa shape index (κ3) is 4.95. The van der Waals surface area contributed by atoms with E-state index in [9.17, 15) is 4.79 Å². The van der Waals surface area contributed by atoms with Crippen LogP contribution in [-0.2, 0) is 13.2 Å². The lowest BCUT2D eigenvalue weighted by atomic mass is 10.1. The van der Waals surface area contributed by atoms with Crippen LogP contribution < -0.4 is 10.1 Å². The van der Waals surface area contributed by atoms with Crippen LogP contribution in [0.2, 0.25) is 10.0 Å². The Morgan fingerprint density at radius 1 is 1.03 bits per heavy atom. The molecule has 2 aromatic carbocycles. The molecule has 0 atom stereocenters. The topological polar surface area (TPSA) is 82.2 Å². The van der Waals surface area contributed by atoms with Gasteiger partial charge in [0.15, 0.2) is 11.5 Å². The van der Waals surface area contributed by atoms with Crippen molar-refractivity contribution in [2.75, 3.05) is 5.32 Å². The Bertz CT molecular complexity index is 1320.